The van der Waals surface area contributed by atoms with Gasteiger partial charge in [0.25, 0.3) is 21.8 Å². The van der Waals surface area contributed by atoms with Crippen molar-refractivity contribution in [2.24, 2.45) is 5.10 Å². The normalized spacial score (nSPS) is 14.3. The summed E-state index contributed by atoms with van der Waals surface area (Å²) in [6.07, 6.45) is 1.94. The molecule has 228 valence electrons. The number of carbonyl (C=O) groups excluding carboxylic acids is 2. The SMILES string of the molecule is O=C(CN(c1cccc(C(F)(F)F)c1)S(=O)(=O)c1ccccc1)N/N=C\c1ccc(OCC(=O)NC2CCCCC2)cc1. The third-order valence-electron chi connectivity index (χ3n) is 6.70. The average Bonchev–Trinajstić information content (AvgIpc) is 3.00. The van der Waals surface area contributed by atoms with Gasteiger partial charge in [0.2, 0.25) is 0 Å². The molecule has 1 saturated carbocycles. The number of halogens is 3. The minimum absolute atomic E-state index is 0.117. The van der Waals surface area contributed by atoms with E-state index in [1.807, 2.05) is 0 Å². The molecule has 0 aliphatic heterocycles. The third kappa shape index (κ3) is 9.05. The van der Waals surface area contributed by atoms with E-state index in [1.54, 1.807) is 30.3 Å². The quantitative estimate of drug-likeness (QED) is 0.235. The molecular weight excluding hydrogens is 585 g/mol. The number of sulfonamides is 1. The number of nitrogens with one attached hydrogen (secondary N) is 2. The fourth-order valence-electron chi connectivity index (χ4n) is 4.53. The van der Waals surface area contributed by atoms with E-state index in [9.17, 15) is 31.2 Å². The van der Waals surface area contributed by atoms with Crippen molar-refractivity contribution in [2.75, 3.05) is 17.5 Å². The molecule has 0 bridgehead atoms. The Bertz CT molecular complexity index is 1530. The molecule has 1 fully saturated rings. The van der Waals surface area contributed by atoms with Gasteiger partial charge >= 0.3 is 6.18 Å². The zero-order valence-electron chi connectivity index (χ0n) is 23.1. The topological polar surface area (TPSA) is 117 Å². The van der Waals surface area contributed by atoms with Crippen LogP contribution >= 0.6 is 0 Å². The number of benzene rings is 3. The number of anilines is 1. The molecular formula is C30H31F3N4O5S. The Morgan fingerprint density at radius 1 is 0.930 bits per heavy atom. The third-order valence-corrected chi connectivity index (χ3v) is 8.49. The first kappa shape index (κ1) is 31.5. The maximum absolute atomic E-state index is 13.3. The molecule has 0 heterocycles. The Hall–Kier alpha value is -4.39. The highest BCUT2D eigenvalue weighted by molar-refractivity contribution is 7.92. The van der Waals surface area contributed by atoms with Crippen LogP contribution in [0.2, 0.25) is 0 Å². The lowest BCUT2D eigenvalue weighted by molar-refractivity contribution is -0.137. The van der Waals surface area contributed by atoms with E-state index in [0.29, 0.717) is 21.7 Å². The number of rotatable bonds is 11. The van der Waals surface area contributed by atoms with Crippen molar-refractivity contribution in [3.63, 3.8) is 0 Å². The van der Waals surface area contributed by atoms with Crippen molar-refractivity contribution < 1.29 is 35.9 Å². The summed E-state index contributed by atoms with van der Waals surface area (Å²) in [5.41, 5.74) is 1.38. The fourth-order valence-corrected chi connectivity index (χ4v) is 5.97. The number of hydrogen-bond donors (Lipinski definition) is 2. The van der Waals surface area contributed by atoms with Gasteiger partial charge in [-0.1, -0.05) is 43.5 Å². The van der Waals surface area contributed by atoms with Gasteiger partial charge in [-0.15, -0.1) is 0 Å². The minimum atomic E-state index is -4.72. The van der Waals surface area contributed by atoms with Gasteiger partial charge in [-0.3, -0.25) is 13.9 Å². The first-order chi connectivity index (χ1) is 20.5. The second-order valence-electron chi connectivity index (χ2n) is 9.93. The van der Waals surface area contributed by atoms with Crippen LogP contribution in [0.5, 0.6) is 5.75 Å². The highest BCUT2D eigenvalue weighted by Gasteiger charge is 2.33. The van der Waals surface area contributed by atoms with E-state index in [1.165, 1.54) is 43.0 Å². The maximum Gasteiger partial charge on any atom is 0.416 e. The number of carbonyl (C=O) groups is 2. The number of ether oxygens (including phenoxy) is 1. The van der Waals surface area contributed by atoms with E-state index in [-0.39, 0.29) is 29.1 Å². The summed E-state index contributed by atoms with van der Waals surface area (Å²) in [6.45, 7) is -0.945. The molecule has 0 aromatic heterocycles. The number of amides is 2. The van der Waals surface area contributed by atoms with Gasteiger partial charge < -0.3 is 10.1 Å². The zero-order chi connectivity index (χ0) is 30.9. The van der Waals surface area contributed by atoms with Crippen molar-refractivity contribution in [3.8, 4) is 5.75 Å². The Morgan fingerprint density at radius 2 is 1.63 bits per heavy atom. The van der Waals surface area contributed by atoms with Gasteiger partial charge in [-0.2, -0.15) is 18.3 Å². The van der Waals surface area contributed by atoms with E-state index in [0.717, 1.165) is 37.8 Å². The summed E-state index contributed by atoms with van der Waals surface area (Å²) in [5, 5.41) is 6.81. The largest absolute Gasteiger partial charge is 0.484 e. The molecule has 0 spiro atoms. The van der Waals surface area contributed by atoms with Crippen LogP contribution < -0.4 is 19.8 Å². The molecule has 3 aromatic carbocycles. The predicted octanol–water partition coefficient (Wildman–Crippen LogP) is 4.88. The van der Waals surface area contributed by atoms with Gasteiger partial charge in [0.15, 0.2) is 6.61 Å². The Morgan fingerprint density at radius 3 is 2.30 bits per heavy atom. The van der Waals surface area contributed by atoms with Gasteiger partial charge in [-0.05, 0) is 73.0 Å². The summed E-state index contributed by atoms with van der Waals surface area (Å²) in [6, 6.07) is 17.5. The lowest BCUT2D eigenvalue weighted by Gasteiger charge is -2.24. The van der Waals surface area contributed by atoms with E-state index in [2.05, 4.69) is 15.8 Å². The van der Waals surface area contributed by atoms with Crippen molar-refractivity contribution in [1.29, 1.82) is 0 Å². The van der Waals surface area contributed by atoms with Crippen LogP contribution in [0.3, 0.4) is 0 Å². The van der Waals surface area contributed by atoms with Gasteiger partial charge in [0, 0.05) is 6.04 Å². The lowest BCUT2D eigenvalue weighted by Crippen LogP contribution is -2.39. The molecule has 43 heavy (non-hydrogen) atoms. The molecule has 0 saturated heterocycles. The Balaban J connectivity index is 1.37. The first-order valence-electron chi connectivity index (χ1n) is 13.6. The van der Waals surface area contributed by atoms with Gasteiger partial charge in [0.05, 0.1) is 22.4 Å². The van der Waals surface area contributed by atoms with Crippen molar-refractivity contribution in [3.05, 3.63) is 90.0 Å². The molecule has 1 aliphatic rings. The van der Waals surface area contributed by atoms with Crippen LogP contribution in [0.25, 0.3) is 0 Å². The zero-order valence-corrected chi connectivity index (χ0v) is 23.9. The molecule has 0 radical (unpaired) electrons. The van der Waals surface area contributed by atoms with E-state index in [4.69, 9.17) is 4.74 Å². The fraction of sp³-hybridized carbons (Fsp3) is 0.300. The highest BCUT2D eigenvalue weighted by Crippen LogP contribution is 2.33. The predicted molar refractivity (Wildman–Crippen MR) is 155 cm³/mol. The van der Waals surface area contributed by atoms with Crippen LogP contribution in [-0.2, 0) is 25.8 Å². The van der Waals surface area contributed by atoms with Crippen molar-refractivity contribution in [1.82, 2.24) is 10.7 Å². The van der Waals surface area contributed by atoms with E-state index >= 15 is 0 Å². The van der Waals surface area contributed by atoms with Gasteiger partial charge in [0.1, 0.15) is 12.3 Å². The van der Waals surface area contributed by atoms with Crippen LogP contribution in [-0.4, -0.2) is 45.6 Å². The monoisotopic (exact) mass is 616 g/mol. The summed E-state index contributed by atoms with van der Waals surface area (Å²) in [4.78, 5) is 24.7. The van der Waals surface area contributed by atoms with Crippen molar-refractivity contribution >= 4 is 33.7 Å². The molecule has 3 aromatic rings. The first-order valence-corrected chi connectivity index (χ1v) is 15.1. The molecule has 13 heteroatoms. The summed E-state index contributed by atoms with van der Waals surface area (Å²) in [5.74, 6) is -0.603. The van der Waals surface area contributed by atoms with Crippen LogP contribution in [0, 0.1) is 0 Å². The average molecular weight is 617 g/mol. The molecule has 2 N–H and O–H groups in total. The molecule has 1 aliphatic carbocycles. The molecule has 0 unspecified atom stereocenters. The standard InChI is InChI=1S/C30H31F3N4O5S/c31-30(32,33)23-8-7-11-25(18-23)37(43(40,41)27-12-5-2-6-13-27)20-28(38)36-34-19-22-14-16-26(17-15-22)42-21-29(39)35-24-9-3-1-4-10-24/h2,5-8,11-19,24H,1,3-4,9-10,20-21H2,(H,35,39)(H,36,38)/b34-19-. The van der Waals surface area contributed by atoms with Crippen LogP contribution in [0.15, 0.2) is 88.9 Å². The molecule has 2 amide bonds. The highest BCUT2D eigenvalue weighted by atomic mass is 32.2. The molecule has 9 nitrogen and oxygen atoms in total. The minimum Gasteiger partial charge on any atom is -0.484 e. The maximum atomic E-state index is 13.3. The Kier molecular flexibility index (Phi) is 10.4. The molecule has 0 atom stereocenters. The summed E-state index contributed by atoms with van der Waals surface area (Å²) in [7, 11) is -4.40. The summed E-state index contributed by atoms with van der Waals surface area (Å²) < 4.78 is 72.8. The Labute approximate surface area is 247 Å². The summed E-state index contributed by atoms with van der Waals surface area (Å²) >= 11 is 0. The second-order valence-corrected chi connectivity index (χ2v) is 11.8. The number of hydrogen-bond acceptors (Lipinski definition) is 6. The number of hydrazone groups is 1. The van der Waals surface area contributed by atoms with E-state index < -0.39 is 34.2 Å². The lowest BCUT2D eigenvalue weighted by atomic mass is 9.95. The number of nitrogens with zero attached hydrogens (tertiary/aromatic N) is 2. The van der Waals surface area contributed by atoms with Crippen molar-refractivity contribution in [2.45, 2.75) is 49.2 Å². The van der Waals surface area contributed by atoms with Gasteiger partial charge in [-0.25, -0.2) is 13.8 Å². The number of alkyl halides is 3. The van der Waals surface area contributed by atoms with Crippen LogP contribution in [0.1, 0.15) is 43.2 Å². The smallest absolute Gasteiger partial charge is 0.416 e. The molecule has 4 rings (SSSR count). The van der Waals surface area contributed by atoms with Crippen LogP contribution in [0.4, 0.5) is 18.9 Å². The second kappa shape index (κ2) is 14.2.